The van der Waals surface area contributed by atoms with Crippen molar-refractivity contribution in [1.29, 1.82) is 0 Å². The van der Waals surface area contributed by atoms with Crippen LogP contribution < -0.4 is 0 Å². The number of rotatable bonds is 3. The van der Waals surface area contributed by atoms with E-state index in [1.54, 1.807) is 6.20 Å². The molecule has 1 N–H and O–H groups in total. The maximum absolute atomic E-state index is 13.1. The van der Waals surface area contributed by atoms with Crippen LogP contribution in [0.15, 0.2) is 48.7 Å². The first-order valence-electron chi connectivity index (χ1n) is 8.71. The van der Waals surface area contributed by atoms with Crippen LogP contribution in [0.5, 0.6) is 0 Å². The first kappa shape index (κ1) is 17.0. The van der Waals surface area contributed by atoms with E-state index in [1.165, 1.54) is 16.9 Å². The molecule has 0 radical (unpaired) electrons. The molecule has 1 aromatic carbocycles. The van der Waals surface area contributed by atoms with E-state index in [-0.39, 0.29) is 18.1 Å². The molecule has 1 aliphatic heterocycles. The zero-order valence-corrected chi connectivity index (χ0v) is 15.6. The Kier molecular flexibility index (Phi) is 4.61. The van der Waals surface area contributed by atoms with Crippen LogP contribution in [0.3, 0.4) is 0 Å². The third-order valence-electron chi connectivity index (χ3n) is 4.81. The molecule has 2 atom stereocenters. The molecule has 3 aromatic rings. The molecule has 1 saturated heterocycles. The van der Waals surface area contributed by atoms with Gasteiger partial charge in [-0.15, -0.1) is 11.3 Å². The summed E-state index contributed by atoms with van der Waals surface area (Å²) in [5, 5.41) is 6.92. The Bertz CT molecular complexity index is 903. The van der Waals surface area contributed by atoms with Gasteiger partial charge in [-0.1, -0.05) is 24.3 Å². The first-order chi connectivity index (χ1) is 12.6. The highest BCUT2D eigenvalue weighted by Crippen LogP contribution is 2.31. The normalized spacial score (nSPS) is 20.3. The van der Waals surface area contributed by atoms with Gasteiger partial charge < -0.3 is 9.64 Å². The predicted octanol–water partition coefficient (Wildman–Crippen LogP) is 4.05. The van der Waals surface area contributed by atoms with Crippen LogP contribution in [0.4, 0.5) is 0 Å². The lowest BCUT2D eigenvalue weighted by Gasteiger charge is -2.38. The molecular formula is C20H21N3O2S. The number of aromatic nitrogens is 2. The second-order valence-corrected chi connectivity index (χ2v) is 7.70. The van der Waals surface area contributed by atoms with Crippen LogP contribution in [0, 0.1) is 6.92 Å². The lowest BCUT2D eigenvalue weighted by Crippen LogP contribution is -2.48. The van der Waals surface area contributed by atoms with Gasteiger partial charge in [0.25, 0.3) is 5.91 Å². The van der Waals surface area contributed by atoms with Gasteiger partial charge in [-0.2, -0.15) is 5.10 Å². The lowest BCUT2D eigenvalue weighted by molar-refractivity contribution is -0.0487. The van der Waals surface area contributed by atoms with Gasteiger partial charge in [-0.3, -0.25) is 9.89 Å². The highest BCUT2D eigenvalue weighted by molar-refractivity contribution is 7.17. The number of hydrogen-bond acceptors (Lipinski definition) is 4. The number of amides is 1. The fourth-order valence-electron chi connectivity index (χ4n) is 3.31. The van der Waals surface area contributed by atoms with Crippen molar-refractivity contribution in [3.05, 3.63) is 64.7 Å². The van der Waals surface area contributed by atoms with Crippen LogP contribution in [0.2, 0.25) is 0 Å². The van der Waals surface area contributed by atoms with Crippen LogP contribution in [0.1, 0.15) is 33.8 Å². The molecule has 1 fully saturated rings. The number of carbonyl (C=O) groups excluding carboxylic acids is 1. The van der Waals surface area contributed by atoms with Gasteiger partial charge in [0, 0.05) is 6.20 Å². The van der Waals surface area contributed by atoms with Crippen molar-refractivity contribution in [2.75, 3.05) is 13.2 Å². The van der Waals surface area contributed by atoms with E-state index in [0.29, 0.717) is 13.2 Å². The number of hydrogen-bond donors (Lipinski definition) is 1. The first-order valence-corrected chi connectivity index (χ1v) is 9.53. The third kappa shape index (κ3) is 3.18. The molecular weight excluding hydrogens is 346 g/mol. The summed E-state index contributed by atoms with van der Waals surface area (Å²) in [5.41, 5.74) is 3.28. The summed E-state index contributed by atoms with van der Waals surface area (Å²) in [7, 11) is 0. The Labute approximate surface area is 156 Å². The third-order valence-corrected chi connectivity index (χ3v) is 5.92. The summed E-state index contributed by atoms with van der Waals surface area (Å²) < 4.78 is 6.03. The molecule has 0 bridgehead atoms. The molecule has 1 amide bonds. The standard InChI is InChI=1S/C20H21N3O2S/c1-13-5-3-4-6-15(13)17-11-23(14(2)12-25-17)20(24)19-8-7-18(26-19)16-9-10-21-22-16/h3-10,14,17H,11-12H2,1-2H3,(H,21,22). The Hall–Kier alpha value is -2.44. The Morgan fingerprint density at radius 1 is 1.27 bits per heavy atom. The maximum Gasteiger partial charge on any atom is 0.264 e. The fourth-order valence-corrected chi connectivity index (χ4v) is 4.25. The second-order valence-electron chi connectivity index (χ2n) is 6.62. The molecule has 26 heavy (non-hydrogen) atoms. The summed E-state index contributed by atoms with van der Waals surface area (Å²) in [6.07, 6.45) is 1.64. The molecule has 5 nitrogen and oxygen atoms in total. The van der Waals surface area contributed by atoms with Gasteiger partial charge in [0.15, 0.2) is 0 Å². The topological polar surface area (TPSA) is 58.2 Å². The fraction of sp³-hybridized carbons (Fsp3) is 0.300. The van der Waals surface area contributed by atoms with E-state index >= 15 is 0 Å². The summed E-state index contributed by atoms with van der Waals surface area (Å²) in [6, 6.07) is 14.0. The maximum atomic E-state index is 13.1. The number of nitrogens with zero attached hydrogens (tertiary/aromatic N) is 2. The minimum atomic E-state index is -0.0802. The van der Waals surface area contributed by atoms with Crippen molar-refractivity contribution in [2.24, 2.45) is 0 Å². The average molecular weight is 367 g/mol. The van der Waals surface area contributed by atoms with Crippen LogP contribution in [0.25, 0.3) is 10.6 Å². The van der Waals surface area contributed by atoms with Crippen LogP contribution >= 0.6 is 11.3 Å². The number of benzene rings is 1. The molecule has 6 heteroatoms. The predicted molar refractivity (Wildman–Crippen MR) is 102 cm³/mol. The van der Waals surface area contributed by atoms with Crippen molar-refractivity contribution in [2.45, 2.75) is 26.0 Å². The van der Waals surface area contributed by atoms with Gasteiger partial charge in [0.2, 0.25) is 0 Å². The highest BCUT2D eigenvalue weighted by atomic mass is 32.1. The summed E-state index contributed by atoms with van der Waals surface area (Å²) in [5.74, 6) is 0.0650. The van der Waals surface area contributed by atoms with Crippen molar-refractivity contribution >= 4 is 17.2 Å². The van der Waals surface area contributed by atoms with Gasteiger partial charge in [-0.25, -0.2) is 0 Å². The number of carbonyl (C=O) groups is 1. The monoisotopic (exact) mass is 367 g/mol. The summed E-state index contributed by atoms with van der Waals surface area (Å²) in [4.78, 5) is 16.8. The van der Waals surface area contributed by atoms with E-state index in [9.17, 15) is 4.79 Å². The molecule has 3 heterocycles. The van der Waals surface area contributed by atoms with Gasteiger partial charge in [0.1, 0.15) is 6.10 Å². The van der Waals surface area contributed by atoms with E-state index in [2.05, 4.69) is 29.3 Å². The van der Waals surface area contributed by atoms with Crippen LogP contribution in [-0.2, 0) is 4.74 Å². The number of aryl methyl sites for hydroxylation is 1. The zero-order chi connectivity index (χ0) is 18.1. The minimum Gasteiger partial charge on any atom is -0.370 e. The van der Waals surface area contributed by atoms with Crippen molar-refractivity contribution < 1.29 is 9.53 Å². The minimum absolute atomic E-state index is 0.0560. The highest BCUT2D eigenvalue weighted by Gasteiger charge is 2.32. The van der Waals surface area contributed by atoms with E-state index in [4.69, 9.17) is 4.74 Å². The van der Waals surface area contributed by atoms with Gasteiger partial charge in [0.05, 0.1) is 34.6 Å². The number of thiophene rings is 1. The number of H-pyrrole nitrogens is 1. The SMILES string of the molecule is Cc1ccccc1C1CN(C(=O)c2ccc(-c3ccn[nH]3)s2)C(C)CO1. The summed E-state index contributed by atoms with van der Waals surface area (Å²) in [6.45, 7) is 5.24. The van der Waals surface area contributed by atoms with Crippen molar-refractivity contribution in [1.82, 2.24) is 15.1 Å². The quantitative estimate of drug-likeness (QED) is 0.760. The smallest absolute Gasteiger partial charge is 0.264 e. The van der Waals surface area contributed by atoms with Crippen molar-refractivity contribution in [3.8, 4) is 10.6 Å². The van der Waals surface area contributed by atoms with Gasteiger partial charge in [-0.05, 0) is 43.2 Å². The second kappa shape index (κ2) is 7.05. The number of ether oxygens (including phenoxy) is 1. The largest absolute Gasteiger partial charge is 0.370 e. The molecule has 0 saturated carbocycles. The molecule has 2 aromatic heterocycles. The average Bonchev–Trinajstić information content (AvgIpc) is 3.34. The Morgan fingerprint density at radius 3 is 2.88 bits per heavy atom. The molecule has 1 aliphatic rings. The molecule has 0 spiro atoms. The number of morpholine rings is 1. The van der Waals surface area contributed by atoms with E-state index in [0.717, 1.165) is 21.0 Å². The van der Waals surface area contributed by atoms with Crippen LogP contribution in [-0.4, -0.2) is 40.2 Å². The Morgan fingerprint density at radius 2 is 2.12 bits per heavy atom. The molecule has 4 rings (SSSR count). The molecule has 134 valence electrons. The summed E-state index contributed by atoms with van der Waals surface area (Å²) >= 11 is 1.49. The number of aromatic amines is 1. The van der Waals surface area contributed by atoms with E-state index in [1.807, 2.05) is 42.2 Å². The van der Waals surface area contributed by atoms with E-state index < -0.39 is 0 Å². The van der Waals surface area contributed by atoms with Crippen molar-refractivity contribution in [3.63, 3.8) is 0 Å². The molecule has 2 unspecified atom stereocenters. The number of nitrogens with one attached hydrogen (secondary N) is 1. The Balaban J connectivity index is 1.56. The lowest BCUT2D eigenvalue weighted by atomic mass is 10.0. The van der Waals surface area contributed by atoms with Gasteiger partial charge >= 0.3 is 0 Å². The zero-order valence-electron chi connectivity index (χ0n) is 14.8. The molecule has 0 aliphatic carbocycles.